The highest BCUT2D eigenvalue weighted by Crippen LogP contribution is 2.24. The van der Waals surface area contributed by atoms with E-state index in [-0.39, 0.29) is 28.7 Å². The molecule has 0 fully saturated rings. The zero-order chi connectivity index (χ0) is 15.6. The van der Waals surface area contributed by atoms with Gasteiger partial charge in [-0.15, -0.1) is 0 Å². The van der Waals surface area contributed by atoms with Crippen molar-refractivity contribution in [1.29, 1.82) is 0 Å². The van der Waals surface area contributed by atoms with Gasteiger partial charge in [0.2, 0.25) is 0 Å². The summed E-state index contributed by atoms with van der Waals surface area (Å²) in [6, 6.07) is 5.84. The van der Waals surface area contributed by atoms with Gasteiger partial charge in [-0.05, 0) is 12.0 Å². The van der Waals surface area contributed by atoms with Crippen molar-refractivity contribution in [1.82, 2.24) is 9.55 Å². The van der Waals surface area contributed by atoms with E-state index in [1.807, 2.05) is 13.8 Å². The summed E-state index contributed by atoms with van der Waals surface area (Å²) in [4.78, 5) is 26.8. The number of halogens is 2. The lowest BCUT2D eigenvalue weighted by Gasteiger charge is -2.13. The first-order chi connectivity index (χ1) is 9.95. The highest BCUT2D eigenvalue weighted by molar-refractivity contribution is 6.32. The lowest BCUT2D eigenvalue weighted by atomic mass is 10.1. The van der Waals surface area contributed by atoms with Crippen molar-refractivity contribution in [2.24, 2.45) is 5.92 Å². The fourth-order valence-electron chi connectivity index (χ4n) is 2.05. The fourth-order valence-corrected chi connectivity index (χ4v) is 2.31. The predicted molar refractivity (Wildman–Crippen MR) is 81.2 cm³/mol. The first-order valence-corrected chi connectivity index (χ1v) is 7.11. The summed E-state index contributed by atoms with van der Waals surface area (Å²) in [6.45, 7) is 4.17. The Bertz CT molecular complexity index is 767. The van der Waals surface area contributed by atoms with Crippen molar-refractivity contribution in [3.63, 3.8) is 0 Å². The molecule has 0 aliphatic rings. The van der Waals surface area contributed by atoms with Crippen LogP contribution in [-0.4, -0.2) is 9.55 Å². The molecule has 0 spiro atoms. The van der Waals surface area contributed by atoms with Crippen molar-refractivity contribution in [2.45, 2.75) is 26.8 Å². The maximum atomic E-state index is 13.9. The molecule has 0 radical (unpaired) electrons. The Balaban J connectivity index is 2.68. The predicted octanol–water partition coefficient (Wildman–Crippen LogP) is 3.04. The first-order valence-electron chi connectivity index (χ1n) is 6.73. The topological polar surface area (TPSA) is 54.9 Å². The minimum Gasteiger partial charge on any atom is -0.297 e. The van der Waals surface area contributed by atoms with Gasteiger partial charge < -0.3 is 0 Å². The molecule has 1 atom stereocenters. The molecule has 1 aromatic heterocycles. The molecule has 1 N–H and O–H groups in total. The molecule has 112 valence electrons. The number of hydrogen-bond acceptors (Lipinski definition) is 2. The van der Waals surface area contributed by atoms with Crippen LogP contribution in [0.3, 0.4) is 0 Å². The largest absolute Gasteiger partial charge is 0.329 e. The normalized spacial score (nSPS) is 12.4. The maximum Gasteiger partial charge on any atom is 0.329 e. The fraction of sp³-hybridized carbons (Fsp3) is 0.333. The minimum absolute atomic E-state index is 0.0160. The molecule has 2 rings (SSSR count). The summed E-state index contributed by atoms with van der Waals surface area (Å²) >= 11 is 5.95. The average molecular weight is 311 g/mol. The second kappa shape index (κ2) is 6.26. The van der Waals surface area contributed by atoms with Gasteiger partial charge in [-0.25, -0.2) is 9.18 Å². The summed E-state index contributed by atoms with van der Waals surface area (Å²) in [6.07, 6.45) is 0.823. The summed E-state index contributed by atoms with van der Waals surface area (Å²) in [5, 5.41) is -0.143. The van der Waals surface area contributed by atoms with Gasteiger partial charge in [0.25, 0.3) is 5.56 Å². The molecule has 0 bridgehead atoms. The van der Waals surface area contributed by atoms with Gasteiger partial charge in [0.15, 0.2) is 0 Å². The smallest absolute Gasteiger partial charge is 0.297 e. The number of aromatic amines is 1. The molecule has 6 heteroatoms. The van der Waals surface area contributed by atoms with Gasteiger partial charge in [-0.3, -0.25) is 14.3 Å². The number of benzene rings is 1. The molecule has 1 aromatic carbocycles. The van der Waals surface area contributed by atoms with E-state index in [0.29, 0.717) is 0 Å². The molecule has 0 saturated carbocycles. The summed E-state index contributed by atoms with van der Waals surface area (Å²) in [5.74, 6) is -0.405. The number of nitrogens with one attached hydrogen (secondary N) is 1. The van der Waals surface area contributed by atoms with Crippen molar-refractivity contribution >= 4 is 11.6 Å². The SMILES string of the molecule is CCC(C)Cn1c(=O)[nH]c(Cl)c(-c2ccccc2F)c1=O. The van der Waals surface area contributed by atoms with Crippen LogP contribution >= 0.6 is 11.6 Å². The number of H-pyrrole nitrogens is 1. The quantitative estimate of drug-likeness (QED) is 0.882. The lowest BCUT2D eigenvalue weighted by molar-refractivity contribution is 0.447. The van der Waals surface area contributed by atoms with Gasteiger partial charge >= 0.3 is 5.69 Å². The average Bonchev–Trinajstić information content (AvgIpc) is 2.45. The van der Waals surface area contributed by atoms with E-state index in [1.165, 1.54) is 18.2 Å². The molecule has 21 heavy (non-hydrogen) atoms. The Morgan fingerprint density at radius 3 is 2.62 bits per heavy atom. The van der Waals surface area contributed by atoms with Gasteiger partial charge in [0.1, 0.15) is 11.0 Å². The third-order valence-electron chi connectivity index (χ3n) is 3.47. The zero-order valence-corrected chi connectivity index (χ0v) is 12.6. The van der Waals surface area contributed by atoms with Crippen LogP contribution in [0.15, 0.2) is 33.9 Å². The second-order valence-corrected chi connectivity index (χ2v) is 5.41. The highest BCUT2D eigenvalue weighted by Gasteiger charge is 2.18. The van der Waals surface area contributed by atoms with Crippen LogP contribution in [0.25, 0.3) is 11.1 Å². The maximum absolute atomic E-state index is 13.9. The second-order valence-electron chi connectivity index (χ2n) is 5.03. The molecule has 0 aliphatic heterocycles. The van der Waals surface area contributed by atoms with Crippen LogP contribution in [0.4, 0.5) is 4.39 Å². The molecule has 2 aromatic rings. The van der Waals surface area contributed by atoms with Crippen LogP contribution in [0.5, 0.6) is 0 Å². The monoisotopic (exact) mass is 310 g/mol. The lowest BCUT2D eigenvalue weighted by Crippen LogP contribution is -2.37. The Hall–Kier alpha value is -1.88. The van der Waals surface area contributed by atoms with E-state index in [1.54, 1.807) is 6.07 Å². The molecule has 1 unspecified atom stereocenters. The summed E-state index contributed by atoms with van der Waals surface area (Å²) in [5.41, 5.74) is -1.08. The Labute approximate surface area is 126 Å². The molecule has 0 aliphatic carbocycles. The third-order valence-corrected chi connectivity index (χ3v) is 3.76. The minimum atomic E-state index is -0.578. The van der Waals surface area contributed by atoms with Crippen LogP contribution < -0.4 is 11.2 Å². The van der Waals surface area contributed by atoms with Crippen molar-refractivity contribution in [3.05, 3.63) is 56.1 Å². The van der Waals surface area contributed by atoms with E-state index in [2.05, 4.69) is 4.98 Å². The molecule has 0 saturated heterocycles. The molecule has 1 heterocycles. The van der Waals surface area contributed by atoms with Gasteiger partial charge in [0, 0.05) is 12.1 Å². The summed E-state index contributed by atoms with van der Waals surface area (Å²) in [7, 11) is 0. The van der Waals surface area contributed by atoms with E-state index >= 15 is 0 Å². The van der Waals surface area contributed by atoms with Crippen LogP contribution in [0.2, 0.25) is 5.15 Å². The molecule has 0 amide bonds. The number of aromatic nitrogens is 2. The van der Waals surface area contributed by atoms with Gasteiger partial charge in [-0.2, -0.15) is 0 Å². The molecular formula is C15H16ClFN2O2. The molecular weight excluding hydrogens is 295 g/mol. The van der Waals surface area contributed by atoms with E-state index in [9.17, 15) is 14.0 Å². The van der Waals surface area contributed by atoms with Crippen molar-refractivity contribution < 1.29 is 4.39 Å². The number of nitrogens with zero attached hydrogens (tertiary/aromatic N) is 1. The molecule has 4 nitrogen and oxygen atoms in total. The van der Waals surface area contributed by atoms with Crippen molar-refractivity contribution in [2.75, 3.05) is 0 Å². The Morgan fingerprint density at radius 2 is 2.00 bits per heavy atom. The van der Waals surface area contributed by atoms with Gasteiger partial charge in [-0.1, -0.05) is 50.1 Å². The van der Waals surface area contributed by atoms with E-state index < -0.39 is 17.1 Å². The number of hydrogen-bond donors (Lipinski definition) is 1. The van der Waals surface area contributed by atoms with E-state index in [4.69, 9.17) is 11.6 Å². The van der Waals surface area contributed by atoms with Crippen LogP contribution in [-0.2, 0) is 6.54 Å². The van der Waals surface area contributed by atoms with Crippen molar-refractivity contribution in [3.8, 4) is 11.1 Å². The highest BCUT2D eigenvalue weighted by atomic mass is 35.5. The third kappa shape index (κ3) is 3.08. The summed E-state index contributed by atoms with van der Waals surface area (Å²) < 4.78 is 15.0. The Morgan fingerprint density at radius 1 is 1.33 bits per heavy atom. The number of rotatable bonds is 4. The Kier molecular flexibility index (Phi) is 4.63. The first kappa shape index (κ1) is 15.5. The van der Waals surface area contributed by atoms with Gasteiger partial charge in [0.05, 0.1) is 5.56 Å². The van der Waals surface area contributed by atoms with E-state index in [0.717, 1.165) is 11.0 Å². The van der Waals surface area contributed by atoms with Crippen LogP contribution in [0, 0.1) is 11.7 Å². The standard InChI is InChI=1S/C15H16ClFN2O2/c1-3-9(2)8-19-14(20)12(13(16)18-15(19)21)10-6-4-5-7-11(10)17/h4-7,9H,3,8H2,1-2H3,(H,18,21). The van der Waals surface area contributed by atoms with Crippen LogP contribution in [0.1, 0.15) is 20.3 Å². The zero-order valence-electron chi connectivity index (χ0n) is 11.8.